The van der Waals surface area contributed by atoms with E-state index in [2.05, 4.69) is 4.74 Å². The van der Waals surface area contributed by atoms with E-state index in [4.69, 9.17) is 5.11 Å². The number of ketones is 2. The lowest BCUT2D eigenvalue weighted by atomic mass is 9.94. The molecule has 8 nitrogen and oxygen atoms in total. The van der Waals surface area contributed by atoms with E-state index >= 15 is 0 Å². The van der Waals surface area contributed by atoms with Crippen LogP contribution in [0.3, 0.4) is 0 Å². The number of halogens is 4. The normalized spacial score (nSPS) is 15.1. The summed E-state index contributed by atoms with van der Waals surface area (Å²) >= 11 is 1.56. The zero-order chi connectivity index (χ0) is 26.4. The number of aliphatic carboxylic acids is 1. The second-order valence-electron chi connectivity index (χ2n) is 8.20. The zero-order valence-electron chi connectivity index (χ0n) is 18.8. The Balaban J connectivity index is 1.56. The average molecular weight is 530 g/mol. The van der Waals surface area contributed by atoms with E-state index < -0.39 is 71.9 Å². The lowest BCUT2D eigenvalue weighted by Gasteiger charge is -2.33. The largest absolute Gasteiger partial charge is 0.481 e. The summed E-state index contributed by atoms with van der Waals surface area (Å²) in [6.45, 7) is 0.00898. The van der Waals surface area contributed by atoms with Crippen molar-refractivity contribution in [2.75, 3.05) is 32.8 Å². The fourth-order valence-electron chi connectivity index (χ4n) is 3.68. The number of amides is 1. The van der Waals surface area contributed by atoms with Gasteiger partial charge in [-0.05, 0) is 11.4 Å². The first-order valence-electron chi connectivity index (χ1n) is 10.8. The minimum atomic E-state index is -1.86. The van der Waals surface area contributed by atoms with Gasteiger partial charge in [-0.1, -0.05) is 6.07 Å². The molecule has 0 bridgehead atoms. The molecule has 0 spiro atoms. The lowest BCUT2D eigenvalue weighted by molar-refractivity contribution is -0.143. The van der Waals surface area contributed by atoms with Gasteiger partial charge in [-0.25, -0.2) is 8.78 Å². The van der Waals surface area contributed by atoms with Gasteiger partial charge in [0.05, 0.1) is 19.5 Å². The summed E-state index contributed by atoms with van der Waals surface area (Å²) in [5.74, 6) is -13.4. The van der Waals surface area contributed by atoms with Crippen molar-refractivity contribution in [2.24, 2.45) is 5.92 Å². The molecule has 1 atom stereocenters. The zero-order valence-corrected chi connectivity index (χ0v) is 19.7. The molecule has 194 valence electrons. The van der Waals surface area contributed by atoms with Crippen molar-refractivity contribution in [1.29, 1.82) is 0 Å². The van der Waals surface area contributed by atoms with Crippen LogP contribution in [0.4, 0.5) is 17.6 Å². The van der Waals surface area contributed by atoms with Gasteiger partial charge in [-0.3, -0.25) is 24.1 Å². The molecule has 0 radical (unpaired) electrons. The standard InChI is InChI=1S/C23H22F4N2O6S/c24-16-8-17(25)22(27)23(21(16)26)35-12-18(31)13(7-20(33)34)6-14(30)9-29-4-3-28(11-19(29)32)10-15-2-1-5-36-15/h1-2,5,8,13H,3-4,6-7,9-12H2,(H,33,34)/t13-/m0/s1. The molecule has 0 saturated carbocycles. The van der Waals surface area contributed by atoms with Crippen LogP contribution in [-0.2, 0) is 25.7 Å². The van der Waals surface area contributed by atoms with Gasteiger partial charge in [0.25, 0.3) is 0 Å². The molecule has 2 aromatic rings. The number of carboxylic acids is 1. The van der Waals surface area contributed by atoms with Crippen molar-refractivity contribution < 1.29 is 46.6 Å². The number of hydrogen-bond donors (Lipinski definition) is 1. The monoisotopic (exact) mass is 530 g/mol. The number of carbonyl (C=O) groups is 4. The Kier molecular flexibility index (Phi) is 9.15. The van der Waals surface area contributed by atoms with Gasteiger partial charge in [-0.2, -0.15) is 8.78 Å². The van der Waals surface area contributed by atoms with Crippen LogP contribution in [0.25, 0.3) is 0 Å². The first kappa shape index (κ1) is 27.3. The second-order valence-corrected chi connectivity index (χ2v) is 9.23. The Morgan fingerprint density at radius 2 is 1.78 bits per heavy atom. The summed E-state index contributed by atoms with van der Waals surface area (Å²) in [7, 11) is 0. The third-order valence-corrected chi connectivity index (χ3v) is 6.37. The van der Waals surface area contributed by atoms with E-state index in [1.807, 2.05) is 22.4 Å². The van der Waals surface area contributed by atoms with Crippen LogP contribution in [0, 0.1) is 29.2 Å². The van der Waals surface area contributed by atoms with Gasteiger partial charge in [-0.15, -0.1) is 11.3 Å². The molecule has 1 amide bonds. The minimum absolute atomic E-state index is 0.0332. The predicted molar refractivity (Wildman–Crippen MR) is 118 cm³/mol. The molecule has 1 N–H and O–H groups in total. The Morgan fingerprint density at radius 1 is 1.08 bits per heavy atom. The van der Waals surface area contributed by atoms with Crippen LogP contribution in [0.5, 0.6) is 5.75 Å². The molecule has 1 aromatic heterocycles. The predicted octanol–water partition coefficient (Wildman–Crippen LogP) is 2.65. The first-order valence-corrected chi connectivity index (χ1v) is 11.7. The topological polar surface area (TPSA) is 104 Å². The maximum atomic E-state index is 13.7. The van der Waals surface area contributed by atoms with Gasteiger partial charge in [0.2, 0.25) is 17.5 Å². The third kappa shape index (κ3) is 7.10. The van der Waals surface area contributed by atoms with E-state index in [1.54, 1.807) is 11.3 Å². The fourth-order valence-corrected chi connectivity index (χ4v) is 4.43. The Hall–Kier alpha value is -3.32. The lowest BCUT2D eigenvalue weighted by Crippen LogP contribution is -2.51. The highest BCUT2D eigenvalue weighted by molar-refractivity contribution is 7.09. The number of ether oxygens (including phenoxy) is 1. The van der Waals surface area contributed by atoms with E-state index in [0.29, 0.717) is 13.1 Å². The van der Waals surface area contributed by atoms with Crippen molar-refractivity contribution in [3.05, 3.63) is 51.7 Å². The number of carboxylic acid groups (broad SMARTS) is 1. The molecule has 1 aliphatic heterocycles. The van der Waals surface area contributed by atoms with E-state index in [0.717, 1.165) is 4.88 Å². The number of rotatable bonds is 12. The Bertz CT molecular complexity index is 1120. The van der Waals surface area contributed by atoms with E-state index in [-0.39, 0.29) is 31.6 Å². The molecule has 1 fully saturated rings. The van der Waals surface area contributed by atoms with Crippen molar-refractivity contribution in [1.82, 2.24) is 9.80 Å². The maximum Gasteiger partial charge on any atom is 0.304 e. The van der Waals surface area contributed by atoms with E-state index in [9.17, 15) is 36.7 Å². The van der Waals surface area contributed by atoms with Crippen LogP contribution >= 0.6 is 11.3 Å². The molecule has 0 aliphatic carbocycles. The third-order valence-electron chi connectivity index (χ3n) is 5.51. The van der Waals surface area contributed by atoms with Crippen LogP contribution in [-0.4, -0.2) is 71.1 Å². The molecular formula is C23H22F4N2O6S. The molecule has 2 heterocycles. The summed E-state index contributed by atoms with van der Waals surface area (Å²) < 4.78 is 58.7. The van der Waals surface area contributed by atoms with Crippen LogP contribution < -0.4 is 4.74 Å². The van der Waals surface area contributed by atoms with Crippen LogP contribution in [0.15, 0.2) is 23.6 Å². The molecular weight excluding hydrogens is 508 g/mol. The molecule has 1 saturated heterocycles. The Labute approximate surface area is 207 Å². The van der Waals surface area contributed by atoms with Crippen molar-refractivity contribution in [3.63, 3.8) is 0 Å². The molecule has 36 heavy (non-hydrogen) atoms. The Morgan fingerprint density at radius 3 is 2.36 bits per heavy atom. The quantitative estimate of drug-likeness (QED) is 0.332. The van der Waals surface area contributed by atoms with Gasteiger partial charge < -0.3 is 14.7 Å². The van der Waals surface area contributed by atoms with E-state index in [1.165, 1.54) is 4.90 Å². The van der Waals surface area contributed by atoms with Gasteiger partial charge in [0, 0.05) is 42.9 Å². The summed E-state index contributed by atoms with van der Waals surface area (Å²) in [6.07, 6.45) is -1.36. The summed E-state index contributed by atoms with van der Waals surface area (Å²) in [6, 6.07) is 3.82. The van der Waals surface area contributed by atoms with Gasteiger partial charge in [0.15, 0.2) is 29.0 Å². The number of hydrogen-bond acceptors (Lipinski definition) is 7. The first-order chi connectivity index (χ1) is 17.0. The highest BCUT2D eigenvalue weighted by atomic mass is 32.1. The number of thiophene rings is 1. The second kappa shape index (κ2) is 12.1. The summed E-state index contributed by atoms with van der Waals surface area (Å²) in [5, 5.41) is 11.0. The summed E-state index contributed by atoms with van der Waals surface area (Å²) in [5.41, 5.74) is 0. The number of piperazine rings is 1. The van der Waals surface area contributed by atoms with Gasteiger partial charge in [0.1, 0.15) is 6.61 Å². The van der Waals surface area contributed by atoms with Crippen molar-refractivity contribution in [3.8, 4) is 5.75 Å². The van der Waals surface area contributed by atoms with Crippen LogP contribution in [0.2, 0.25) is 0 Å². The van der Waals surface area contributed by atoms with Crippen molar-refractivity contribution >= 4 is 34.8 Å². The number of carbonyl (C=O) groups excluding carboxylic acids is 3. The summed E-state index contributed by atoms with van der Waals surface area (Å²) in [4.78, 5) is 53.0. The fraction of sp³-hybridized carbons (Fsp3) is 0.391. The minimum Gasteiger partial charge on any atom is -0.481 e. The van der Waals surface area contributed by atoms with Crippen LogP contribution in [0.1, 0.15) is 17.7 Å². The molecule has 1 aliphatic rings. The number of benzene rings is 1. The molecule has 1 aromatic carbocycles. The maximum absolute atomic E-state index is 13.7. The molecule has 0 unspecified atom stereocenters. The highest BCUT2D eigenvalue weighted by Gasteiger charge is 2.30. The highest BCUT2D eigenvalue weighted by Crippen LogP contribution is 2.27. The van der Waals surface area contributed by atoms with Gasteiger partial charge >= 0.3 is 5.97 Å². The average Bonchev–Trinajstić information content (AvgIpc) is 3.31. The smallest absolute Gasteiger partial charge is 0.304 e. The molecule has 13 heteroatoms. The van der Waals surface area contributed by atoms with Crippen molar-refractivity contribution in [2.45, 2.75) is 19.4 Å². The molecule has 3 rings (SSSR count). The number of Topliss-reactive ketones (excluding diaryl/α,β-unsaturated/α-hetero) is 2. The number of nitrogens with zero attached hydrogens (tertiary/aromatic N) is 2. The SMILES string of the molecule is O=C(O)C[C@H](CC(=O)CN1CCN(Cc2cccs2)CC1=O)C(=O)COc1c(F)c(F)cc(F)c1F.